The van der Waals surface area contributed by atoms with Crippen LogP contribution in [0.2, 0.25) is 0 Å². The topological polar surface area (TPSA) is 85.9 Å². The third-order valence-corrected chi connectivity index (χ3v) is 2.22. The van der Waals surface area contributed by atoms with Gasteiger partial charge in [-0.05, 0) is 6.42 Å². The minimum absolute atomic E-state index is 0. The van der Waals surface area contributed by atoms with E-state index in [0.717, 1.165) is 12.8 Å². The molecule has 0 aromatic rings. The van der Waals surface area contributed by atoms with Crippen molar-refractivity contribution in [1.82, 2.24) is 6.15 Å². The molecule has 0 aromatic heterocycles. The van der Waals surface area contributed by atoms with Gasteiger partial charge >= 0.3 is 0 Å². The van der Waals surface area contributed by atoms with Gasteiger partial charge in [-0.2, -0.15) is 0 Å². The number of rotatable bonds is 9. The molecule has 0 spiro atoms. The molecule has 15 heavy (non-hydrogen) atoms. The highest BCUT2D eigenvalue weighted by atomic mass is 16.7. The van der Waals surface area contributed by atoms with Gasteiger partial charge in [0.15, 0.2) is 0 Å². The molecule has 4 N–H and O–H groups in total. The number of quaternary nitrogens is 1. The fraction of sp³-hybridized carbons (Fsp3) is 0.909. The van der Waals surface area contributed by atoms with Gasteiger partial charge in [0.2, 0.25) is 0 Å². The third-order valence-electron chi connectivity index (χ3n) is 2.22. The van der Waals surface area contributed by atoms with Gasteiger partial charge in [-0.15, -0.1) is 0 Å². The van der Waals surface area contributed by atoms with E-state index in [9.17, 15) is 9.90 Å². The SMILES string of the molecule is CCCCCCCCCCOC(=O)[O-].[NH4+]. The van der Waals surface area contributed by atoms with Crippen molar-refractivity contribution < 1.29 is 14.6 Å². The van der Waals surface area contributed by atoms with Crippen molar-refractivity contribution in [2.75, 3.05) is 6.61 Å². The number of carbonyl (C=O) groups excluding carboxylic acids is 1. The summed E-state index contributed by atoms with van der Waals surface area (Å²) in [6.45, 7) is 2.49. The van der Waals surface area contributed by atoms with Crippen LogP contribution in [0.4, 0.5) is 4.79 Å². The van der Waals surface area contributed by atoms with Crippen molar-refractivity contribution in [3.63, 3.8) is 0 Å². The van der Waals surface area contributed by atoms with Crippen LogP contribution in [0.1, 0.15) is 58.3 Å². The van der Waals surface area contributed by atoms with Gasteiger partial charge in [-0.25, -0.2) is 0 Å². The fourth-order valence-electron chi connectivity index (χ4n) is 1.39. The Morgan fingerprint density at radius 1 is 1.00 bits per heavy atom. The Morgan fingerprint density at radius 3 is 1.93 bits per heavy atom. The zero-order valence-corrected chi connectivity index (χ0v) is 10.1. The monoisotopic (exact) mass is 219 g/mol. The van der Waals surface area contributed by atoms with E-state index in [-0.39, 0.29) is 12.8 Å². The van der Waals surface area contributed by atoms with Crippen molar-refractivity contribution in [3.05, 3.63) is 0 Å². The second kappa shape index (κ2) is 13.2. The summed E-state index contributed by atoms with van der Waals surface area (Å²) in [6.07, 6.45) is 8.13. The van der Waals surface area contributed by atoms with Crippen LogP contribution in [0, 0.1) is 0 Å². The normalized spacial score (nSPS) is 9.40. The molecule has 0 fully saturated rings. The molecule has 0 saturated carbocycles. The predicted octanol–water partition coefficient (Wildman–Crippen LogP) is 2.86. The second-order valence-electron chi connectivity index (χ2n) is 3.57. The maximum Gasteiger partial charge on any atom is 0.251 e. The van der Waals surface area contributed by atoms with E-state index in [2.05, 4.69) is 11.7 Å². The molecule has 0 aliphatic heterocycles. The zero-order chi connectivity index (χ0) is 10.6. The summed E-state index contributed by atoms with van der Waals surface area (Å²) in [5, 5.41) is 9.87. The quantitative estimate of drug-likeness (QED) is 0.478. The number of hydrogen-bond acceptors (Lipinski definition) is 3. The Hall–Kier alpha value is -0.770. The first-order valence-corrected chi connectivity index (χ1v) is 5.61. The van der Waals surface area contributed by atoms with Gasteiger partial charge in [0.25, 0.3) is 6.16 Å². The van der Waals surface area contributed by atoms with Gasteiger partial charge in [-0.1, -0.05) is 51.9 Å². The Labute approximate surface area is 92.6 Å². The highest BCUT2D eigenvalue weighted by Crippen LogP contribution is 2.08. The molecular weight excluding hydrogens is 194 g/mol. The molecule has 0 rings (SSSR count). The number of ether oxygens (including phenoxy) is 1. The van der Waals surface area contributed by atoms with Crippen LogP contribution in [0.3, 0.4) is 0 Å². The van der Waals surface area contributed by atoms with E-state index in [1.165, 1.54) is 38.5 Å². The lowest BCUT2D eigenvalue weighted by atomic mass is 10.1. The average Bonchev–Trinajstić information content (AvgIpc) is 2.15. The van der Waals surface area contributed by atoms with E-state index in [4.69, 9.17) is 0 Å². The molecule has 92 valence electrons. The third kappa shape index (κ3) is 15.9. The Morgan fingerprint density at radius 2 is 1.47 bits per heavy atom. The summed E-state index contributed by atoms with van der Waals surface area (Å²) in [7, 11) is 0. The van der Waals surface area contributed by atoms with Gasteiger partial charge in [0, 0.05) is 6.61 Å². The smallest absolute Gasteiger partial charge is 0.251 e. The first kappa shape index (κ1) is 16.7. The van der Waals surface area contributed by atoms with Crippen LogP contribution in [-0.2, 0) is 4.74 Å². The van der Waals surface area contributed by atoms with Crippen molar-refractivity contribution in [1.29, 1.82) is 0 Å². The molecule has 0 saturated heterocycles. The standard InChI is InChI=1S/C11H22O3.H3N/c1-2-3-4-5-6-7-8-9-10-14-11(12)13;/h2-10H2,1H3,(H,12,13);1H3. The molecule has 0 bridgehead atoms. The van der Waals surface area contributed by atoms with Crippen molar-refractivity contribution in [2.45, 2.75) is 58.3 Å². The fourth-order valence-corrected chi connectivity index (χ4v) is 1.39. The average molecular weight is 219 g/mol. The maximum atomic E-state index is 9.87. The zero-order valence-electron chi connectivity index (χ0n) is 10.1. The summed E-state index contributed by atoms with van der Waals surface area (Å²) < 4.78 is 4.29. The molecule has 0 unspecified atom stereocenters. The Kier molecular flexibility index (Phi) is 14.7. The van der Waals surface area contributed by atoms with Crippen molar-refractivity contribution in [2.24, 2.45) is 0 Å². The number of unbranched alkanes of at least 4 members (excludes halogenated alkanes) is 7. The van der Waals surface area contributed by atoms with Gasteiger partial charge in [0.05, 0.1) is 0 Å². The lowest BCUT2D eigenvalue weighted by Gasteiger charge is -2.07. The molecule has 0 atom stereocenters. The summed E-state index contributed by atoms with van der Waals surface area (Å²) in [5.74, 6) is 0. The first-order chi connectivity index (χ1) is 6.77. The summed E-state index contributed by atoms with van der Waals surface area (Å²) >= 11 is 0. The van der Waals surface area contributed by atoms with Crippen LogP contribution < -0.4 is 11.3 Å². The van der Waals surface area contributed by atoms with E-state index < -0.39 is 6.16 Å². The number of carbonyl (C=O) groups is 1. The summed E-state index contributed by atoms with van der Waals surface area (Å²) in [6, 6.07) is 0. The van der Waals surface area contributed by atoms with Gasteiger partial charge < -0.3 is 20.8 Å². The van der Waals surface area contributed by atoms with Crippen molar-refractivity contribution in [3.8, 4) is 0 Å². The largest absolute Gasteiger partial charge is 0.550 e. The molecule has 0 aliphatic rings. The Bertz CT molecular complexity index is 140. The van der Waals surface area contributed by atoms with Crippen LogP contribution in [0.15, 0.2) is 0 Å². The highest BCUT2D eigenvalue weighted by molar-refractivity contribution is 5.53. The molecular formula is C11H25NO3. The second-order valence-corrected chi connectivity index (χ2v) is 3.57. The van der Waals surface area contributed by atoms with Gasteiger partial charge in [-0.3, -0.25) is 0 Å². The molecule has 4 nitrogen and oxygen atoms in total. The molecule has 0 radical (unpaired) electrons. The summed E-state index contributed by atoms with van der Waals surface area (Å²) in [5.41, 5.74) is 0. The van der Waals surface area contributed by atoms with Crippen LogP contribution >= 0.6 is 0 Å². The van der Waals surface area contributed by atoms with E-state index in [1.54, 1.807) is 0 Å². The lowest BCUT2D eigenvalue weighted by Crippen LogP contribution is -2.23. The molecule has 0 aliphatic carbocycles. The minimum Gasteiger partial charge on any atom is -0.550 e. The molecule has 0 heterocycles. The Balaban J connectivity index is 0. The van der Waals surface area contributed by atoms with Crippen LogP contribution in [0.5, 0.6) is 0 Å². The number of hydrogen-bond donors (Lipinski definition) is 1. The molecule has 0 aromatic carbocycles. The van der Waals surface area contributed by atoms with Crippen molar-refractivity contribution >= 4 is 6.16 Å². The van der Waals surface area contributed by atoms with E-state index >= 15 is 0 Å². The summed E-state index contributed by atoms with van der Waals surface area (Å²) in [4.78, 5) is 9.87. The lowest BCUT2D eigenvalue weighted by molar-refractivity contribution is -0.282. The minimum atomic E-state index is -1.41. The van der Waals surface area contributed by atoms with Crippen LogP contribution in [-0.4, -0.2) is 12.8 Å². The molecule has 0 amide bonds. The first-order valence-electron chi connectivity index (χ1n) is 5.61. The maximum absolute atomic E-state index is 9.87. The van der Waals surface area contributed by atoms with Crippen LogP contribution in [0.25, 0.3) is 0 Å². The highest BCUT2D eigenvalue weighted by Gasteiger charge is 1.91. The van der Waals surface area contributed by atoms with E-state index in [1.807, 2.05) is 0 Å². The predicted molar refractivity (Wildman–Crippen MR) is 59.9 cm³/mol. The van der Waals surface area contributed by atoms with E-state index in [0.29, 0.717) is 0 Å². The molecule has 4 heteroatoms. The number of carboxylic acid groups (broad SMARTS) is 1. The van der Waals surface area contributed by atoms with Gasteiger partial charge in [0.1, 0.15) is 0 Å².